The van der Waals surface area contributed by atoms with E-state index in [0.29, 0.717) is 10.3 Å². The first-order valence-electron chi connectivity index (χ1n) is 6.94. The number of aryl methyl sites for hydroxylation is 2. The van der Waals surface area contributed by atoms with Crippen LogP contribution in [-0.4, -0.2) is 9.55 Å². The summed E-state index contributed by atoms with van der Waals surface area (Å²) in [5.74, 6) is -0.179. The molecule has 0 radical (unpaired) electrons. The standard InChI is InChI=1S/C17H17FN2S/c1-10-4-7-15-16(8-10)20(17(21)19-15)12(3)13-6-5-11(2)14(18)9-13/h4-9,12H,1-3H3,(H,19,21). The second-order valence-electron chi connectivity index (χ2n) is 5.51. The summed E-state index contributed by atoms with van der Waals surface area (Å²) in [4.78, 5) is 3.21. The van der Waals surface area contributed by atoms with Gasteiger partial charge in [0.2, 0.25) is 0 Å². The second kappa shape index (κ2) is 5.11. The number of halogens is 1. The number of benzene rings is 2. The number of H-pyrrole nitrogens is 1. The fraction of sp³-hybridized carbons (Fsp3) is 0.235. The molecular formula is C17H17FN2S. The van der Waals surface area contributed by atoms with Crippen LogP contribution >= 0.6 is 12.2 Å². The van der Waals surface area contributed by atoms with Gasteiger partial charge in [0.05, 0.1) is 17.1 Å². The molecule has 0 saturated heterocycles. The lowest BCUT2D eigenvalue weighted by molar-refractivity contribution is 0.600. The fourth-order valence-corrected chi connectivity index (χ4v) is 3.00. The molecule has 1 atom stereocenters. The normalized spacial score (nSPS) is 12.8. The van der Waals surface area contributed by atoms with Crippen LogP contribution in [-0.2, 0) is 0 Å². The van der Waals surface area contributed by atoms with E-state index in [1.807, 2.05) is 35.8 Å². The van der Waals surface area contributed by atoms with Gasteiger partial charge in [0.25, 0.3) is 0 Å². The molecule has 21 heavy (non-hydrogen) atoms. The van der Waals surface area contributed by atoms with Crippen molar-refractivity contribution in [3.63, 3.8) is 0 Å². The first-order chi connectivity index (χ1) is 9.97. The highest BCUT2D eigenvalue weighted by Crippen LogP contribution is 2.26. The van der Waals surface area contributed by atoms with Gasteiger partial charge in [-0.05, 0) is 67.9 Å². The van der Waals surface area contributed by atoms with Gasteiger partial charge in [0.1, 0.15) is 5.82 Å². The summed E-state index contributed by atoms with van der Waals surface area (Å²) in [7, 11) is 0. The number of aromatic nitrogens is 2. The summed E-state index contributed by atoms with van der Waals surface area (Å²) in [6, 6.07) is 11.5. The third kappa shape index (κ3) is 2.40. The Morgan fingerprint density at radius 2 is 1.90 bits per heavy atom. The number of fused-ring (bicyclic) bond motifs is 1. The minimum absolute atomic E-state index is 0.0249. The van der Waals surface area contributed by atoms with Gasteiger partial charge in [0.15, 0.2) is 4.77 Å². The number of hydrogen-bond acceptors (Lipinski definition) is 1. The Morgan fingerprint density at radius 3 is 2.62 bits per heavy atom. The highest BCUT2D eigenvalue weighted by atomic mass is 32.1. The zero-order chi connectivity index (χ0) is 15.1. The lowest BCUT2D eigenvalue weighted by Gasteiger charge is -2.16. The number of imidazole rings is 1. The van der Waals surface area contributed by atoms with Crippen molar-refractivity contribution in [2.75, 3.05) is 0 Å². The van der Waals surface area contributed by atoms with Crippen molar-refractivity contribution in [1.82, 2.24) is 9.55 Å². The smallest absolute Gasteiger partial charge is 0.178 e. The van der Waals surface area contributed by atoms with E-state index in [-0.39, 0.29) is 11.9 Å². The minimum Gasteiger partial charge on any atom is -0.331 e. The van der Waals surface area contributed by atoms with E-state index in [9.17, 15) is 4.39 Å². The Kier molecular flexibility index (Phi) is 3.41. The third-order valence-electron chi connectivity index (χ3n) is 3.94. The van der Waals surface area contributed by atoms with E-state index >= 15 is 0 Å². The van der Waals surface area contributed by atoms with Crippen LogP contribution in [0.15, 0.2) is 36.4 Å². The lowest BCUT2D eigenvalue weighted by atomic mass is 10.1. The fourth-order valence-electron chi connectivity index (χ4n) is 2.63. The van der Waals surface area contributed by atoms with Crippen LogP contribution in [0.1, 0.15) is 29.7 Å². The number of rotatable bonds is 2. The maximum absolute atomic E-state index is 13.8. The van der Waals surface area contributed by atoms with Gasteiger partial charge >= 0.3 is 0 Å². The minimum atomic E-state index is -0.179. The van der Waals surface area contributed by atoms with E-state index in [1.54, 1.807) is 13.0 Å². The molecule has 0 saturated carbocycles. The molecular weight excluding hydrogens is 283 g/mol. The van der Waals surface area contributed by atoms with Crippen LogP contribution in [0.5, 0.6) is 0 Å². The van der Waals surface area contributed by atoms with Crippen molar-refractivity contribution >= 4 is 23.3 Å². The Labute approximate surface area is 128 Å². The van der Waals surface area contributed by atoms with Gasteiger partial charge in [-0.2, -0.15) is 0 Å². The van der Waals surface area contributed by atoms with E-state index < -0.39 is 0 Å². The van der Waals surface area contributed by atoms with Gasteiger partial charge in [-0.3, -0.25) is 0 Å². The molecule has 0 spiro atoms. The van der Waals surface area contributed by atoms with Crippen molar-refractivity contribution < 1.29 is 4.39 Å². The molecule has 1 N–H and O–H groups in total. The lowest BCUT2D eigenvalue weighted by Crippen LogP contribution is -2.07. The van der Waals surface area contributed by atoms with Crippen LogP contribution in [0.2, 0.25) is 0 Å². The predicted octanol–water partition coefficient (Wildman–Crippen LogP) is 5.06. The number of nitrogens with zero attached hydrogens (tertiary/aromatic N) is 1. The summed E-state index contributed by atoms with van der Waals surface area (Å²) >= 11 is 5.44. The van der Waals surface area contributed by atoms with Crippen LogP contribution in [0.4, 0.5) is 4.39 Å². The molecule has 1 aromatic heterocycles. The van der Waals surface area contributed by atoms with E-state index in [1.165, 1.54) is 5.56 Å². The van der Waals surface area contributed by atoms with Gasteiger partial charge in [-0.15, -0.1) is 0 Å². The Hall–Kier alpha value is -1.94. The summed E-state index contributed by atoms with van der Waals surface area (Å²) in [5, 5.41) is 0. The van der Waals surface area contributed by atoms with Crippen molar-refractivity contribution in [1.29, 1.82) is 0 Å². The van der Waals surface area contributed by atoms with Gasteiger partial charge in [0, 0.05) is 0 Å². The Morgan fingerprint density at radius 1 is 1.14 bits per heavy atom. The summed E-state index contributed by atoms with van der Waals surface area (Å²) in [5.41, 5.74) is 4.80. The molecule has 1 unspecified atom stereocenters. The zero-order valence-corrected chi connectivity index (χ0v) is 13.1. The average molecular weight is 300 g/mol. The molecule has 108 valence electrons. The van der Waals surface area contributed by atoms with Crippen molar-refractivity contribution in [3.8, 4) is 0 Å². The van der Waals surface area contributed by atoms with Crippen molar-refractivity contribution in [2.45, 2.75) is 26.8 Å². The predicted molar refractivity (Wildman–Crippen MR) is 86.8 cm³/mol. The van der Waals surface area contributed by atoms with Crippen LogP contribution in [0.3, 0.4) is 0 Å². The maximum atomic E-state index is 13.8. The maximum Gasteiger partial charge on any atom is 0.178 e. The zero-order valence-electron chi connectivity index (χ0n) is 12.3. The van der Waals surface area contributed by atoms with Crippen molar-refractivity contribution in [3.05, 3.63) is 63.7 Å². The quantitative estimate of drug-likeness (QED) is 0.656. The molecule has 0 aliphatic heterocycles. The highest BCUT2D eigenvalue weighted by molar-refractivity contribution is 7.71. The molecule has 0 amide bonds. The van der Waals surface area contributed by atoms with E-state index in [4.69, 9.17) is 12.2 Å². The third-order valence-corrected chi connectivity index (χ3v) is 4.24. The molecule has 4 heteroatoms. The monoisotopic (exact) mass is 300 g/mol. The largest absolute Gasteiger partial charge is 0.331 e. The molecule has 0 fully saturated rings. The molecule has 0 bridgehead atoms. The number of nitrogens with one attached hydrogen (secondary N) is 1. The first-order valence-corrected chi connectivity index (χ1v) is 7.35. The second-order valence-corrected chi connectivity index (χ2v) is 5.89. The SMILES string of the molecule is Cc1ccc2[nH]c(=S)n(C(C)c3ccc(C)c(F)c3)c2c1. The van der Waals surface area contributed by atoms with Crippen molar-refractivity contribution in [2.24, 2.45) is 0 Å². The van der Waals surface area contributed by atoms with Crippen LogP contribution in [0.25, 0.3) is 11.0 Å². The van der Waals surface area contributed by atoms with Crippen LogP contribution in [0, 0.1) is 24.4 Å². The van der Waals surface area contributed by atoms with Crippen LogP contribution < -0.4 is 0 Å². The van der Waals surface area contributed by atoms with Gasteiger partial charge < -0.3 is 9.55 Å². The van der Waals surface area contributed by atoms with E-state index in [2.05, 4.69) is 18.0 Å². The highest BCUT2D eigenvalue weighted by Gasteiger charge is 2.14. The summed E-state index contributed by atoms with van der Waals surface area (Å²) in [6.45, 7) is 5.86. The molecule has 3 rings (SSSR count). The van der Waals surface area contributed by atoms with E-state index in [0.717, 1.165) is 16.6 Å². The topological polar surface area (TPSA) is 20.7 Å². The molecule has 2 nitrogen and oxygen atoms in total. The Balaban J connectivity index is 2.19. The number of hydrogen-bond donors (Lipinski definition) is 1. The molecule has 0 aliphatic carbocycles. The molecule has 3 aromatic rings. The Bertz CT molecular complexity index is 876. The molecule has 2 aromatic carbocycles. The average Bonchev–Trinajstić information content (AvgIpc) is 2.76. The first kappa shape index (κ1) is 14.0. The summed E-state index contributed by atoms with van der Waals surface area (Å²) in [6.07, 6.45) is 0. The summed E-state index contributed by atoms with van der Waals surface area (Å²) < 4.78 is 16.5. The van der Waals surface area contributed by atoms with Gasteiger partial charge in [-0.25, -0.2) is 4.39 Å². The number of aromatic amines is 1. The van der Waals surface area contributed by atoms with Gasteiger partial charge in [-0.1, -0.05) is 18.2 Å². The molecule has 1 heterocycles. The molecule has 0 aliphatic rings.